The van der Waals surface area contributed by atoms with Gasteiger partial charge in [-0.25, -0.2) is 8.78 Å². The lowest BCUT2D eigenvalue weighted by Gasteiger charge is -2.19. The summed E-state index contributed by atoms with van der Waals surface area (Å²) in [6, 6.07) is 7.42. The molecule has 0 spiro atoms. The van der Waals surface area contributed by atoms with E-state index in [9.17, 15) is 19.0 Å². The molecule has 6 heteroatoms. The molecular formula is C17H19F2NO3. The van der Waals surface area contributed by atoms with Gasteiger partial charge < -0.3 is 20.3 Å². The lowest BCUT2D eigenvalue weighted by Crippen LogP contribution is -2.25. The van der Waals surface area contributed by atoms with Crippen molar-refractivity contribution in [2.24, 2.45) is 0 Å². The predicted octanol–water partition coefficient (Wildman–Crippen LogP) is 3.06. The SMILES string of the molecule is COc1ccc(O)c(C(C)NCC(O)c2cc(F)ccc2F)c1. The molecule has 0 aliphatic heterocycles. The Morgan fingerprint density at radius 3 is 2.57 bits per heavy atom. The molecule has 0 bridgehead atoms. The van der Waals surface area contributed by atoms with Crippen LogP contribution in [-0.2, 0) is 0 Å². The molecule has 2 atom stereocenters. The molecule has 0 aliphatic rings. The number of nitrogens with one attached hydrogen (secondary N) is 1. The summed E-state index contributed by atoms with van der Waals surface area (Å²) in [6.07, 6.45) is -1.21. The van der Waals surface area contributed by atoms with Crippen molar-refractivity contribution in [2.45, 2.75) is 19.1 Å². The first-order valence-corrected chi connectivity index (χ1v) is 7.15. The lowest BCUT2D eigenvalue weighted by atomic mass is 10.0. The first kappa shape index (κ1) is 17.2. The zero-order valence-corrected chi connectivity index (χ0v) is 12.9. The molecule has 3 N–H and O–H groups in total. The maximum Gasteiger partial charge on any atom is 0.129 e. The third-order valence-electron chi connectivity index (χ3n) is 3.64. The van der Waals surface area contributed by atoms with Gasteiger partial charge >= 0.3 is 0 Å². The Morgan fingerprint density at radius 1 is 1.13 bits per heavy atom. The summed E-state index contributed by atoms with van der Waals surface area (Å²) in [6.45, 7) is 1.78. The van der Waals surface area contributed by atoms with Crippen LogP contribution in [0.3, 0.4) is 0 Å². The van der Waals surface area contributed by atoms with Crippen molar-refractivity contribution in [3.63, 3.8) is 0 Å². The predicted molar refractivity (Wildman–Crippen MR) is 82.4 cm³/mol. The Hall–Kier alpha value is -2.18. The van der Waals surface area contributed by atoms with Crippen LogP contribution < -0.4 is 10.1 Å². The normalized spacial score (nSPS) is 13.6. The van der Waals surface area contributed by atoms with Gasteiger partial charge in [0.25, 0.3) is 0 Å². The van der Waals surface area contributed by atoms with E-state index in [1.54, 1.807) is 19.1 Å². The standard InChI is InChI=1S/C17H19F2NO3/c1-10(13-8-12(23-2)4-6-16(13)21)20-9-17(22)14-7-11(18)3-5-15(14)19/h3-8,10,17,20-22H,9H2,1-2H3. The fourth-order valence-electron chi connectivity index (χ4n) is 2.28. The quantitative estimate of drug-likeness (QED) is 0.764. The van der Waals surface area contributed by atoms with Crippen LogP contribution in [0.5, 0.6) is 11.5 Å². The van der Waals surface area contributed by atoms with E-state index in [2.05, 4.69) is 5.32 Å². The van der Waals surface area contributed by atoms with Gasteiger partial charge in [-0.3, -0.25) is 0 Å². The van der Waals surface area contributed by atoms with Gasteiger partial charge in [-0.05, 0) is 43.3 Å². The smallest absolute Gasteiger partial charge is 0.129 e. The molecule has 0 heterocycles. The summed E-state index contributed by atoms with van der Waals surface area (Å²) in [5, 5.41) is 22.9. The number of aliphatic hydroxyl groups is 1. The van der Waals surface area contributed by atoms with Gasteiger partial charge in [-0.2, -0.15) is 0 Å². The summed E-state index contributed by atoms with van der Waals surface area (Å²) < 4.78 is 31.9. The molecule has 0 amide bonds. The molecule has 0 fully saturated rings. The van der Waals surface area contributed by atoms with Gasteiger partial charge in [-0.1, -0.05) is 0 Å². The van der Waals surface area contributed by atoms with E-state index in [1.807, 2.05) is 0 Å². The highest BCUT2D eigenvalue weighted by atomic mass is 19.1. The van der Waals surface area contributed by atoms with Crippen LogP contribution in [0.1, 0.15) is 30.2 Å². The summed E-state index contributed by atoms with van der Waals surface area (Å²) in [4.78, 5) is 0. The van der Waals surface area contributed by atoms with Crippen molar-refractivity contribution < 1.29 is 23.7 Å². The van der Waals surface area contributed by atoms with Gasteiger partial charge in [0.2, 0.25) is 0 Å². The Kier molecular flexibility index (Phi) is 5.52. The number of hydrogen-bond acceptors (Lipinski definition) is 4. The van der Waals surface area contributed by atoms with Crippen LogP contribution in [0.15, 0.2) is 36.4 Å². The van der Waals surface area contributed by atoms with Crippen molar-refractivity contribution >= 4 is 0 Å². The number of aromatic hydroxyl groups is 1. The van der Waals surface area contributed by atoms with Gasteiger partial charge in [0.1, 0.15) is 23.1 Å². The molecule has 0 saturated heterocycles. The van der Waals surface area contributed by atoms with E-state index >= 15 is 0 Å². The van der Waals surface area contributed by atoms with E-state index in [0.717, 1.165) is 18.2 Å². The van der Waals surface area contributed by atoms with E-state index in [0.29, 0.717) is 11.3 Å². The molecule has 124 valence electrons. The van der Waals surface area contributed by atoms with Crippen LogP contribution in [0.2, 0.25) is 0 Å². The first-order chi connectivity index (χ1) is 10.9. The molecule has 0 aromatic heterocycles. The number of methoxy groups -OCH3 is 1. The zero-order valence-electron chi connectivity index (χ0n) is 12.9. The third kappa shape index (κ3) is 4.18. The average Bonchev–Trinajstić information content (AvgIpc) is 2.55. The number of halogens is 2. The average molecular weight is 323 g/mol. The summed E-state index contributed by atoms with van der Waals surface area (Å²) in [5.41, 5.74) is 0.468. The van der Waals surface area contributed by atoms with Crippen LogP contribution in [0.25, 0.3) is 0 Å². The number of hydrogen-bond donors (Lipinski definition) is 3. The number of aliphatic hydroxyl groups excluding tert-OH is 1. The maximum atomic E-state index is 13.6. The largest absolute Gasteiger partial charge is 0.508 e. The molecule has 2 rings (SSSR count). The number of phenols is 1. The molecule has 0 saturated carbocycles. The molecule has 2 unspecified atom stereocenters. The zero-order chi connectivity index (χ0) is 17.0. The number of phenolic OH excluding ortho intramolecular Hbond substituents is 1. The minimum atomic E-state index is -1.21. The van der Waals surface area contributed by atoms with Crippen LogP contribution in [0, 0.1) is 11.6 Å². The fourth-order valence-corrected chi connectivity index (χ4v) is 2.28. The second-order valence-electron chi connectivity index (χ2n) is 5.24. The molecule has 0 radical (unpaired) electrons. The third-order valence-corrected chi connectivity index (χ3v) is 3.64. The van der Waals surface area contributed by atoms with Crippen molar-refractivity contribution in [3.05, 3.63) is 59.2 Å². The van der Waals surface area contributed by atoms with Crippen LogP contribution in [-0.4, -0.2) is 23.9 Å². The molecule has 2 aromatic carbocycles. The monoisotopic (exact) mass is 323 g/mol. The van der Waals surface area contributed by atoms with Gasteiger partial charge in [0, 0.05) is 23.7 Å². The maximum absolute atomic E-state index is 13.6. The Bertz CT molecular complexity index is 679. The number of benzene rings is 2. The minimum Gasteiger partial charge on any atom is -0.508 e. The lowest BCUT2D eigenvalue weighted by molar-refractivity contribution is 0.165. The Morgan fingerprint density at radius 2 is 1.87 bits per heavy atom. The van der Waals surface area contributed by atoms with Gasteiger partial charge in [-0.15, -0.1) is 0 Å². The van der Waals surface area contributed by atoms with Crippen molar-refractivity contribution in [1.82, 2.24) is 5.32 Å². The highest BCUT2D eigenvalue weighted by Crippen LogP contribution is 2.28. The second-order valence-corrected chi connectivity index (χ2v) is 5.24. The highest BCUT2D eigenvalue weighted by molar-refractivity contribution is 5.41. The number of ether oxygens (including phenoxy) is 1. The topological polar surface area (TPSA) is 61.7 Å². The van der Waals surface area contributed by atoms with E-state index in [1.165, 1.54) is 13.2 Å². The Balaban J connectivity index is 2.06. The molecular weight excluding hydrogens is 304 g/mol. The van der Waals surface area contributed by atoms with Crippen molar-refractivity contribution in [1.29, 1.82) is 0 Å². The minimum absolute atomic E-state index is 0.00180. The molecule has 2 aromatic rings. The summed E-state index contributed by atoms with van der Waals surface area (Å²) in [7, 11) is 1.52. The molecule has 4 nitrogen and oxygen atoms in total. The molecule has 0 aliphatic carbocycles. The van der Waals surface area contributed by atoms with Crippen molar-refractivity contribution in [2.75, 3.05) is 13.7 Å². The summed E-state index contributed by atoms with van der Waals surface area (Å²) >= 11 is 0. The van der Waals surface area contributed by atoms with E-state index in [4.69, 9.17) is 4.74 Å². The van der Waals surface area contributed by atoms with Gasteiger partial charge in [0.15, 0.2) is 0 Å². The Labute approximate surface area is 133 Å². The van der Waals surface area contributed by atoms with Crippen LogP contribution in [0.4, 0.5) is 8.78 Å². The van der Waals surface area contributed by atoms with Crippen molar-refractivity contribution in [3.8, 4) is 11.5 Å². The summed E-state index contributed by atoms with van der Waals surface area (Å²) in [5.74, 6) is -0.614. The van der Waals surface area contributed by atoms with E-state index < -0.39 is 17.7 Å². The van der Waals surface area contributed by atoms with E-state index in [-0.39, 0.29) is 23.9 Å². The second kappa shape index (κ2) is 7.39. The number of rotatable bonds is 6. The molecule has 23 heavy (non-hydrogen) atoms. The fraction of sp³-hybridized carbons (Fsp3) is 0.294. The first-order valence-electron chi connectivity index (χ1n) is 7.15. The highest BCUT2D eigenvalue weighted by Gasteiger charge is 2.17. The van der Waals surface area contributed by atoms with Crippen LogP contribution >= 0.6 is 0 Å². The van der Waals surface area contributed by atoms with Gasteiger partial charge in [0.05, 0.1) is 13.2 Å².